The van der Waals surface area contributed by atoms with Gasteiger partial charge in [-0.3, -0.25) is 9.69 Å². The van der Waals surface area contributed by atoms with Gasteiger partial charge in [0.1, 0.15) is 0 Å². The SMILES string of the molecule is CC(C)N(C(C)C)C(S)CC(=O)O. The lowest BCUT2D eigenvalue weighted by molar-refractivity contribution is -0.137. The van der Waals surface area contributed by atoms with Crippen LogP contribution in [0.1, 0.15) is 34.1 Å². The van der Waals surface area contributed by atoms with Gasteiger partial charge in [0.15, 0.2) is 0 Å². The predicted octanol–water partition coefficient (Wildman–Crippen LogP) is 1.84. The molecule has 0 saturated carbocycles. The van der Waals surface area contributed by atoms with Crippen molar-refractivity contribution in [2.45, 2.75) is 51.6 Å². The highest BCUT2D eigenvalue weighted by Gasteiger charge is 2.22. The van der Waals surface area contributed by atoms with Crippen LogP contribution in [0.3, 0.4) is 0 Å². The molecule has 78 valence electrons. The van der Waals surface area contributed by atoms with Gasteiger partial charge in [0, 0.05) is 12.1 Å². The number of hydrogen-bond acceptors (Lipinski definition) is 3. The lowest BCUT2D eigenvalue weighted by Gasteiger charge is -2.34. The molecule has 4 heteroatoms. The van der Waals surface area contributed by atoms with Crippen LogP contribution in [0.15, 0.2) is 0 Å². The third-order valence-electron chi connectivity index (χ3n) is 1.89. The van der Waals surface area contributed by atoms with Gasteiger partial charge in [0.25, 0.3) is 0 Å². The number of carboxylic acid groups (broad SMARTS) is 1. The number of hydrogen-bond donors (Lipinski definition) is 2. The van der Waals surface area contributed by atoms with Gasteiger partial charge in [0.2, 0.25) is 0 Å². The van der Waals surface area contributed by atoms with Gasteiger partial charge in [-0.05, 0) is 27.7 Å². The van der Waals surface area contributed by atoms with Gasteiger partial charge in [0.05, 0.1) is 11.8 Å². The van der Waals surface area contributed by atoms with Gasteiger partial charge in [-0.2, -0.15) is 12.6 Å². The average Bonchev–Trinajstić information content (AvgIpc) is 1.81. The van der Waals surface area contributed by atoms with Gasteiger partial charge < -0.3 is 5.11 Å². The Morgan fingerprint density at radius 3 is 1.92 bits per heavy atom. The van der Waals surface area contributed by atoms with Crippen molar-refractivity contribution in [1.29, 1.82) is 0 Å². The first-order valence-corrected chi connectivity index (χ1v) is 5.05. The van der Waals surface area contributed by atoms with E-state index in [9.17, 15) is 4.79 Å². The normalized spacial score (nSPS) is 14.2. The minimum Gasteiger partial charge on any atom is -0.481 e. The number of carbonyl (C=O) groups is 1. The molecule has 0 bridgehead atoms. The molecular formula is C9H19NO2S. The van der Waals surface area contributed by atoms with Crippen LogP contribution in [-0.2, 0) is 4.79 Å². The van der Waals surface area contributed by atoms with Gasteiger partial charge in [-0.15, -0.1) is 0 Å². The van der Waals surface area contributed by atoms with Crippen LogP contribution in [-0.4, -0.2) is 33.4 Å². The third-order valence-corrected chi connectivity index (χ3v) is 2.34. The summed E-state index contributed by atoms with van der Waals surface area (Å²) < 4.78 is 0. The van der Waals surface area contributed by atoms with E-state index < -0.39 is 5.97 Å². The van der Waals surface area contributed by atoms with E-state index in [4.69, 9.17) is 5.11 Å². The summed E-state index contributed by atoms with van der Waals surface area (Å²) in [6.45, 7) is 8.19. The first-order chi connectivity index (χ1) is 5.86. The molecule has 3 nitrogen and oxygen atoms in total. The number of carboxylic acids is 1. The Morgan fingerprint density at radius 1 is 1.31 bits per heavy atom. The number of rotatable bonds is 5. The summed E-state index contributed by atoms with van der Waals surface area (Å²) in [5.41, 5.74) is 0. The van der Waals surface area contributed by atoms with E-state index in [2.05, 4.69) is 17.5 Å². The molecular weight excluding hydrogens is 186 g/mol. The fourth-order valence-corrected chi connectivity index (χ4v) is 2.24. The number of aliphatic carboxylic acids is 1. The van der Waals surface area contributed by atoms with E-state index in [0.29, 0.717) is 12.1 Å². The summed E-state index contributed by atoms with van der Waals surface area (Å²) in [7, 11) is 0. The molecule has 0 radical (unpaired) electrons. The molecule has 0 aromatic carbocycles. The molecule has 1 atom stereocenters. The Morgan fingerprint density at radius 2 is 1.69 bits per heavy atom. The molecule has 0 saturated heterocycles. The number of nitrogens with zero attached hydrogens (tertiary/aromatic N) is 1. The Balaban J connectivity index is 4.28. The van der Waals surface area contributed by atoms with Crippen molar-refractivity contribution in [2.24, 2.45) is 0 Å². The first kappa shape index (κ1) is 12.8. The van der Waals surface area contributed by atoms with E-state index in [0.717, 1.165) is 0 Å². The van der Waals surface area contributed by atoms with Crippen molar-refractivity contribution in [3.8, 4) is 0 Å². The van der Waals surface area contributed by atoms with E-state index in [1.54, 1.807) is 0 Å². The molecule has 0 aliphatic rings. The predicted molar refractivity (Wildman–Crippen MR) is 57.1 cm³/mol. The highest BCUT2D eigenvalue weighted by atomic mass is 32.1. The van der Waals surface area contributed by atoms with Gasteiger partial charge >= 0.3 is 5.97 Å². The van der Waals surface area contributed by atoms with Crippen molar-refractivity contribution in [3.63, 3.8) is 0 Å². The molecule has 0 heterocycles. The maximum absolute atomic E-state index is 10.5. The Labute approximate surface area is 85.5 Å². The van der Waals surface area contributed by atoms with Crippen molar-refractivity contribution in [2.75, 3.05) is 0 Å². The largest absolute Gasteiger partial charge is 0.481 e. The molecule has 0 aliphatic heterocycles. The van der Waals surface area contributed by atoms with Crippen LogP contribution in [0.2, 0.25) is 0 Å². The molecule has 13 heavy (non-hydrogen) atoms. The lowest BCUT2D eigenvalue weighted by atomic mass is 10.2. The maximum Gasteiger partial charge on any atom is 0.305 e. The molecule has 0 spiro atoms. The molecule has 1 unspecified atom stereocenters. The van der Waals surface area contributed by atoms with E-state index in [1.807, 2.05) is 27.7 Å². The third kappa shape index (κ3) is 4.52. The molecule has 0 fully saturated rings. The Kier molecular flexibility index (Phi) is 5.40. The maximum atomic E-state index is 10.5. The van der Waals surface area contributed by atoms with Crippen molar-refractivity contribution in [1.82, 2.24) is 4.90 Å². The van der Waals surface area contributed by atoms with E-state index in [-0.39, 0.29) is 11.8 Å². The molecule has 0 aromatic heterocycles. The minimum atomic E-state index is -0.800. The topological polar surface area (TPSA) is 40.5 Å². The van der Waals surface area contributed by atoms with E-state index >= 15 is 0 Å². The molecule has 0 aliphatic carbocycles. The van der Waals surface area contributed by atoms with Crippen LogP contribution in [0.4, 0.5) is 0 Å². The lowest BCUT2D eigenvalue weighted by Crippen LogP contribution is -2.43. The van der Waals surface area contributed by atoms with Gasteiger partial charge in [-0.1, -0.05) is 0 Å². The molecule has 0 rings (SSSR count). The van der Waals surface area contributed by atoms with E-state index in [1.165, 1.54) is 0 Å². The van der Waals surface area contributed by atoms with Crippen molar-refractivity contribution < 1.29 is 9.90 Å². The summed E-state index contributed by atoms with van der Waals surface area (Å²) in [5, 5.41) is 8.42. The molecule has 1 N–H and O–H groups in total. The average molecular weight is 205 g/mol. The monoisotopic (exact) mass is 205 g/mol. The highest BCUT2D eigenvalue weighted by Crippen LogP contribution is 2.16. The molecule has 0 aromatic rings. The van der Waals surface area contributed by atoms with Crippen LogP contribution >= 0.6 is 12.6 Å². The van der Waals surface area contributed by atoms with Crippen LogP contribution in [0.5, 0.6) is 0 Å². The van der Waals surface area contributed by atoms with Crippen LogP contribution in [0, 0.1) is 0 Å². The fourth-order valence-electron chi connectivity index (χ4n) is 1.55. The van der Waals surface area contributed by atoms with Crippen molar-refractivity contribution >= 4 is 18.6 Å². The zero-order valence-electron chi connectivity index (χ0n) is 8.69. The summed E-state index contributed by atoms with van der Waals surface area (Å²) in [4.78, 5) is 12.6. The second kappa shape index (κ2) is 5.50. The standard InChI is InChI=1S/C9H19NO2S/c1-6(2)10(7(3)4)8(13)5-9(11)12/h6-8,13H,5H2,1-4H3,(H,11,12). The summed E-state index contributed by atoms with van der Waals surface area (Å²) in [6.07, 6.45) is 0.0828. The number of thiol groups is 1. The highest BCUT2D eigenvalue weighted by molar-refractivity contribution is 7.80. The summed E-state index contributed by atoms with van der Waals surface area (Å²) in [6, 6.07) is 0.642. The van der Waals surface area contributed by atoms with Crippen LogP contribution in [0.25, 0.3) is 0 Å². The quantitative estimate of drug-likeness (QED) is 0.531. The second-order valence-corrected chi connectivity index (χ2v) is 4.31. The zero-order valence-corrected chi connectivity index (χ0v) is 9.58. The second-order valence-electron chi connectivity index (χ2n) is 3.71. The molecule has 0 amide bonds. The summed E-state index contributed by atoms with van der Waals surface area (Å²) >= 11 is 4.29. The fraction of sp³-hybridized carbons (Fsp3) is 0.889. The summed E-state index contributed by atoms with van der Waals surface area (Å²) in [5.74, 6) is -0.800. The van der Waals surface area contributed by atoms with Crippen LogP contribution < -0.4 is 0 Å². The van der Waals surface area contributed by atoms with Crippen molar-refractivity contribution in [3.05, 3.63) is 0 Å². The Bertz CT molecular complexity index is 163. The minimum absolute atomic E-state index is 0.0828. The Hall–Kier alpha value is -0.220. The smallest absolute Gasteiger partial charge is 0.305 e. The zero-order chi connectivity index (χ0) is 10.6. The van der Waals surface area contributed by atoms with Gasteiger partial charge in [-0.25, -0.2) is 0 Å². The first-order valence-electron chi connectivity index (χ1n) is 4.53.